The Morgan fingerprint density at radius 2 is 1.95 bits per heavy atom. The lowest BCUT2D eigenvalue weighted by Gasteiger charge is -2.26. The Morgan fingerprint density at radius 3 is 2.52 bits per heavy atom. The number of hydrogen-bond donors (Lipinski definition) is 1. The molecule has 0 aliphatic carbocycles. The molecule has 1 unspecified atom stereocenters. The van der Waals surface area contributed by atoms with Crippen LogP contribution in [0.1, 0.15) is 38.3 Å². The third-order valence-corrected chi connectivity index (χ3v) is 6.11. The molecule has 1 N–H and O–H groups in total. The smallest absolute Gasteiger partial charge is 0.218 e. The Bertz CT molecular complexity index is 590. The van der Waals surface area contributed by atoms with Gasteiger partial charge in [-0.25, -0.2) is 12.7 Å². The van der Waals surface area contributed by atoms with Crippen molar-refractivity contribution in [3.05, 3.63) is 35.4 Å². The van der Waals surface area contributed by atoms with Crippen LogP contribution in [0.4, 0.5) is 0 Å². The maximum Gasteiger partial charge on any atom is 0.218 e. The van der Waals surface area contributed by atoms with Gasteiger partial charge in [0, 0.05) is 13.1 Å². The minimum atomic E-state index is -3.28. The zero-order valence-corrected chi connectivity index (χ0v) is 13.9. The molecular formula is C16H25NO3S. The molecule has 0 bridgehead atoms. The van der Waals surface area contributed by atoms with Crippen molar-refractivity contribution in [3.8, 4) is 0 Å². The van der Waals surface area contributed by atoms with Gasteiger partial charge in [0.25, 0.3) is 0 Å². The van der Waals surface area contributed by atoms with E-state index in [9.17, 15) is 8.42 Å². The van der Waals surface area contributed by atoms with E-state index in [1.165, 1.54) is 0 Å². The molecule has 0 saturated carbocycles. The summed E-state index contributed by atoms with van der Waals surface area (Å²) in [5.41, 5.74) is 1.62. The van der Waals surface area contributed by atoms with Gasteiger partial charge in [-0.1, -0.05) is 45.0 Å². The van der Waals surface area contributed by atoms with Gasteiger partial charge in [0.1, 0.15) is 0 Å². The number of aliphatic hydroxyl groups excluding tert-OH is 1. The van der Waals surface area contributed by atoms with Crippen LogP contribution in [-0.4, -0.2) is 30.9 Å². The molecule has 1 aliphatic heterocycles. The minimum Gasteiger partial charge on any atom is -0.392 e. The molecule has 0 radical (unpaired) electrons. The topological polar surface area (TPSA) is 57.6 Å². The van der Waals surface area contributed by atoms with Gasteiger partial charge in [0.05, 0.1) is 12.4 Å². The average molecular weight is 311 g/mol. The lowest BCUT2D eigenvalue weighted by molar-refractivity contribution is 0.252. The fourth-order valence-electron chi connectivity index (χ4n) is 2.81. The molecule has 5 heteroatoms. The van der Waals surface area contributed by atoms with E-state index in [1.807, 2.05) is 0 Å². The molecule has 1 atom stereocenters. The van der Waals surface area contributed by atoms with Crippen molar-refractivity contribution in [2.75, 3.05) is 13.1 Å². The van der Waals surface area contributed by atoms with Crippen molar-refractivity contribution < 1.29 is 13.5 Å². The second kappa shape index (κ2) is 6.07. The van der Waals surface area contributed by atoms with E-state index < -0.39 is 10.0 Å². The molecule has 0 spiro atoms. The first kappa shape index (κ1) is 16.5. The van der Waals surface area contributed by atoms with E-state index in [1.54, 1.807) is 28.6 Å². The summed E-state index contributed by atoms with van der Waals surface area (Å²) in [6.07, 6.45) is 0.930. The van der Waals surface area contributed by atoms with Gasteiger partial charge in [-0.15, -0.1) is 0 Å². The van der Waals surface area contributed by atoms with E-state index in [0.717, 1.165) is 17.5 Å². The lowest BCUT2D eigenvalue weighted by Crippen LogP contribution is -2.32. The second-order valence-electron chi connectivity index (χ2n) is 6.94. The van der Waals surface area contributed by atoms with Crippen molar-refractivity contribution >= 4 is 10.0 Å². The summed E-state index contributed by atoms with van der Waals surface area (Å²) in [5.74, 6) is 0.425. The van der Waals surface area contributed by atoms with E-state index in [2.05, 4.69) is 20.8 Å². The quantitative estimate of drug-likeness (QED) is 0.929. The number of hydrogen-bond acceptors (Lipinski definition) is 3. The second-order valence-corrected chi connectivity index (χ2v) is 8.91. The Hall–Kier alpha value is -0.910. The van der Waals surface area contributed by atoms with Gasteiger partial charge in [-0.2, -0.15) is 0 Å². The molecule has 1 aromatic carbocycles. The van der Waals surface area contributed by atoms with Crippen LogP contribution >= 0.6 is 0 Å². The SMILES string of the molecule is CC(C)(C)C1CCN(S(=O)(=O)Cc2cccc(CO)c2)C1. The van der Waals surface area contributed by atoms with Crippen LogP contribution in [-0.2, 0) is 22.4 Å². The van der Waals surface area contributed by atoms with Crippen molar-refractivity contribution in [1.29, 1.82) is 0 Å². The van der Waals surface area contributed by atoms with E-state index in [-0.39, 0.29) is 17.8 Å². The predicted molar refractivity (Wildman–Crippen MR) is 84.1 cm³/mol. The van der Waals surface area contributed by atoms with Crippen molar-refractivity contribution in [2.45, 2.75) is 39.6 Å². The van der Waals surface area contributed by atoms with Crippen LogP contribution in [0, 0.1) is 11.3 Å². The summed E-state index contributed by atoms with van der Waals surface area (Å²) in [6, 6.07) is 7.14. The number of rotatable bonds is 4. The standard InChI is InChI=1S/C16H25NO3S/c1-16(2,3)15-7-8-17(10-15)21(19,20)12-14-6-4-5-13(9-14)11-18/h4-6,9,15,18H,7-8,10-12H2,1-3H3. The minimum absolute atomic E-state index is 0.0116. The Morgan fingerprint density at radius 1 is 1.29 bits per heavy atom. The highest BCUT2D eigenvalue weighted by atomic mass is 32.2. The van der Waals surface area contributed by atoms with E-state index in [4.69, 9.17) is 5.11 Å². The van der Waals surface area contributed by atoms with Gasteiger partial charge in [0.15, 0.2) is 0 Å². The molecule has 2 rings (SSSR count). The predicted octanol–water partition coefficient (Wildman–Crippen LogP) is 2.38. The van der Waals surface area contributed by atoms with Gasteiger partial charge in [0.2, 0.25) is 10.0 Å². The molecule has 1 aliphatic rings. The molecule has 118 valence electrons. The molecule has 21 heavy (non-hydrogen) atoms. The van der Waals surface area contributed by atoms with Crippen molar-refractivity contribution in [3.63, 3.8) is 0 Å². The van der Waals surface area contributed by atoms with Crippen LogP contribution in [0.5, 0.6) is 0 Å². The molecule has 1 fully saturated rings. The number of sulfonamides is 1. The summed E-state index contributed by atoms with van der Waals surface area (Å²) in [4.78, 5) is 0. The Kier molecular flexibility index (Phi) is 4.76. The van der Waals surface area contributed by atoms with Crippen molar-refractivity contribution in [1.82, 2.24) is 4.31 Å². The van der Waals surface area contributed by atoms with E-state index >= 15 is 0 Å². The maximum absolute atomic E-state index is 12.5. The van der Waals surface area contributed by atoms with Gasteiger partial charge in [-0.05, 0) is 28.9 Å². The first-order valence-corrected chi connectivity index (χ1v) is 9.00. The number of nitrogens with zero attached hydrogens (tertiary/aromatic N) is 1. The molecule has 4 nitrogen and oxygen atoms in total. The highest BCUT2D eigenvalue weighted by Gasteiger charge is 2.36. The van der Waals surface area contributed by atoms with Crippen LogP contribution in [0.2, 0.25) is 0 Å². The average Bonchev–Trinajstić information content (AvgIpc) is 2.88. The molecule has 1 saturated heterocycles. The fourth-order valence-corrected chi connectivity index (χ4v) is 4.38. The van der Waals surface area contributed by atoms with Crippen LogP contribution < -0.4 is 0 Å². The first-order valence-electron chi connectivity index (χ1n) is 7.39. The zero-order valence-electron chi connectivity index (χ0n) is 13.0. The van der Waals surface area contributed by atoms with Gasteiger partial charge < -0.3 is 5.11 Å². The summed E-state index contributed by atoms with van der Waals surface area (Å²) in [6.45, 7) is 7.66. The first-order chi connectivity index (χ1) is 9.72. The highest BCUT2D eigenvalue weighted by molar-refractivity contribution is 7.88. The third-order valence-electron chi connectivity index (χ3n) is 4.29. The molecule has 0 aromatic heterocycles. The zero-order chi connectivity index (χ0) is 15.7. The molecular weight excluding hydrogens is 286 g/mol. The third kappa shape index (κ3) is 4.05. The monoisotopic (exact) mass is 311 g/mol. The fraction of sp³-hybridized carbons (Fsp3) is 0.625. The van der Waals surface area contributed by atoms with Crippen LogP contribution in [0.25, 0.3) is 0 Å². The normalized spacial score (nSPS) is 20.9. The van der Waals surface area contributed by atoms with Gasteiger partial charge in [-0.3, -0.25) is 0 Å². The van der Waals surface area contributed by atoms with Crippen LogP contribution in [0.3, 0.4) is 0 Å². The largest absolute Gasteiger partial charge is 0.392 e. The number of aliphatic hydroxyl groups is 1. The maximum atomic E-state index is 12.5. The van der Waals surface area contributed by atoms with Crippen LogP contribution in [0.15, 0.2) is 24.3 Å². The highest BCUT2D eigenvalue weighted by Crippen LogP contribution is 2.35. The number of benzene rings is 1. The summed E-state index contributed by atoms with van der Waals surface area (Å²) in [7, 11) is -3.28. The van der Waals surface area contributed by atoms with Crippen molar-refractivity contribution in [2.24, 2.45) is 11.3 Å². The van der Waals surface area contributed by atoms with E-state index in [0.29, 0.717) is 19.0 Å². The van der Waals surface area contributed by atoms with Gasteiger partial charge >= 0.3 is 0 Å². The summed E-state index contributed by atoms with van der Waals surface area (Å²) in [5, 5.41) is 9.14. The summed E-state index contributed by atoms with van der Waals surface area (Å²) >= 11 is 0. The molecule has 1 heterocycles. The Balaban J connectivity index is 2.09. The Labute approximate surface area is 127 Å². The summed E-state index contributed by atoms with van der Waals surface area (Å²) < 4.78 is 26.7. The molecule has 0 amide bonds. The lowest BCUT2D eigenvalue weighted by atomic mass is 9.80. The molecule has 1 aromatic rings.